The zero-order chi connectivity index (χ0) is 15.2. The number of alkyl halides is 1. The van der Waals surface area contributed by atoms with Gasteiger partial charge >= 0.3 is 0 Å². The van der Waals surface area contributed by atoms with Crippen LogP contribution in [-0.2, 0) is 0 Å². The Balaban J connectivity index is 2.23. The molecule has 2 aromatic carbocycles. The Hall–Kier alpha value is -0.960. The summed E-state index contributed by atoms with van der Waals surface area (Å²) in [4.78, 5) is 0. The maximum Gasteiger partial charge on any atom is 0.140 e. The zero-order valence-electron chi connectivity index (χ0n) is 11.2. The summed E-state index contributed by atoms with van der Waals surface area (Å²) in [5.41, 5.74) is 0.873. The quantitative estimate of drug-likeness (QED) is 0.559. The first-order valence-electron chi connectivity index (χ1n) is 6.53. The van der Waals surface area contributed by atoms with E-state index in [0.29, 0.717) is 28.1 Å². The van der Waals surface area contributed by atoms with Crippen LogP contribution in [0.2, 0.25) is 10.0 Å². The van der Waals surface area contributed by atoms with Crippen LogP contribution >= 0.6 is 34.8 Å². The first-order valence-corrected chi connectivity index (χ1v) is 7.82. The van der Waals surface area contributed by atoms with Crippen LogP contribution in [0.1, 0.15) is 24.5 Å². The van der Waals surface area contributed by atoms with Crippen molar-refractivity contribution in [1.29, 1.82) is 0 Å². The lowest BCUT2D eigenvalue weighted by Gasteiger charge is -2.20. The number of hydrogen-bond acceptors (Lipinski definition) is 1. The minimum absolute atomic E-state index is 0.250. The van der Waals surface area contributed by atoms with E-state index < -0.39 is 0 Å². The van der Waals surface area contributed by atoms with Gasteiger partial charge in [0.05, 0.1) is 5.02 Å². The van der Waals surface area contributed by atoms with Crippen molar-refractivity contribution in [2.45, 2.75) is 18.9 Å². The van der Waals surface area contributed by atoms with Crippen molar-refractivity contribution in [2.24, 2.45) is 0 Å². The van der Waals surface area contributed by atoms with Crippen molar-refractivity contribution < 1.29 is 9.13 Å². The lowest BCUT2D eigenvalue weighted by molar-refractivity contribution is 0.194. The van der Waals surface area contributed by atoms with E-state index in [1.54, 1.807) is 30.3 Å². The van der Waals surface area contributed by atoms with E-state index in [0.717, 1.165) is 12.0 Å². The van der Waals surface area contributed by atoms with Crippen molar-refractivity contribution in [2.75, 3.05) is 5.88 Å². The fourth-order valence-corrected chi connectivity index (χ4v) is 2.43. The SMILES string of the molecule is Fc1ccc([C@@H](CCCCl)Oc2cc(Cl)ccc2Cl)cc1. The van der Waals surface area contributed by atoms with Gasteiger partial charge < -0.3 is 4.74 Å². The smallest absolute Gasteiger partial charge is 0.140 e. The number of ether oxygens (including phenoxy) is 1. The van der Waals surface area contributed by atoms with Gasteiger partial charge in [-0.1, -0.05) is 35.3 Å². The molecule has 0 fully saturated rings. The highest BCUT2D eigenvalue weighted by Gasteiger charge is 2.15. The summed E-state index contributed by atoms with van der Waals surface area (Å²) in [6, 6.07) is 11.3. The monoisotopic (exact) mass is 346 g/mol. The molecule has 5 heteroatoms. The van der Waals surface area contributed by atoms with E-state index >= 15 is 0 Å². The van der Waals surface area contributed by atoms with E-state index in [2.05, 4.69) is 0 Å². The first-order chi connectivity index (χ1) is 10.1. The number of rotatable bonds is 6. The summed E-state index contributed by atoms with van der Waals surface area (Å²) in [6.07, 6.45) is 1.24. The van der Waals surface area contributed by atoms with Gasteiger partial charge in [0.1, 0.15) is 17.7 Å². The van der Waals surface area contributed by atoms with Crippen LogP contribution < -0.4 is 4.74 Å². The van der Waals surface area contributed by atoms with Crippen molar-refractivity contribution >= 4 is 34.8 Å². The number of halogens is 4. The van der Waals surface area contributed by atoms with E-state index in [-0.39, 0.29) is 11.9 Å². The normalized spacial score (nSPS) is 12.2. The molecule has 0 radical (unpaired) electrons. The maximum absolute atomic E-state index is 13.0. The highest BCUT2D eigenvalue weighted by Crippen LogP contribution is 2.33. The van der Waals surface area contributed by atoms with Gasteiger partial charge in [-0.25, -0.2) is 4.39 Å². The van der Waals surface area contributed by atoms with E-state index in [1.807, 2.05) is 0 Å². The molecule has 0 unspecified atom stereocenters. The highest BCUT2D eigenvalue weighted by molar-refractivity contribution is 6.34. The molecule has 0 N–H and O–H groups in total. The molecule has 0 aromatic heterocycles. The maximum atomic E-state index is 13.0. The van der Waals surface area contributed by atoms with E-state index in [1.165, 1.54) is 12.1 Å². The molecule has 0 aliphatic heterocycles. The third-order valence-corrected chi connectivity index (χ3v) is 3.82. The molecule has 0 heterocycles. The average Bonchev–Trinajstić information content (AvgIpc) is 2.48. The average molecular weight is 348 g/mol. The van der Waals surface area contributed by atoms with Crippen LogP contribution in [0.15, 0.2) is 42.5 Å². The van der Waals surface area contributed by atoms with Gasteiger partial charge in [0.25, 0.3) is 0 Å². The Morgan fingerprint density at radius 2 is 1.76 bits per heavy atom. The molecule has 0 saturated heterocycles. The second-order valence-corrected chi connectivity index (χ2v) is 5.79. The first kappa shape index (κ1) is 16.4. The predicted molar refractivity (Wildman–Crippen MR) is 86.2 cm³/mol. The summed E-state index contributed by atoms with van der Waals surface area (Å²) in [5.74, 6) is 0.758. The molecular weight excluding hydrogens is 334 g/mol. The lowest BCUT2D eigenvalue weighted by atomic mass is 10.0. The Kier molecular flexibility index (Phi) is 6.16. The predicted octanol–water partition coefficient (Wildman–Crippen LogP) is 6.27. The summed E-state index contributed by atoms with van der Waals surface area (Å²) >= 11 is 17.8. The minimum atomic E-state index is -0.282. The van der Waals surface area contributed by atoms with Gasteiger partial charge in [0.15, 0.2) is 0 Å². The minimum Gasteiger partial charge on any atom is -0.484 e. The molecule has 1 nitrogen and oxygen atoms in total. The number of benzene rings is 2. The molecule has 1 atom stereocenters. The van der Waals surface area contributed by atoms with E-state index in [4.69, 9.17) is 39.5 Å². The molecule has 0 amide bonds. The van der Waals surface area contributed by atoms with Crippen LogP contribution in [0.5, 0.6) is 5.75 Å². The van der Waals surface area contributed by atoms with E-state index in [9.17, 15) is 4.39 Å². The second kappa shape index (κ2) is 7.88. The molecule has 0 saturated carbocycles. The molecule has 2 rings (SSSR count). The Bertz CT molecular complexity index is 587. The standard InChI is InChI=1S/C16H14Cl3FO/c17-9-1-2-15(11-3-6-13(20)7-4-11)21-16-10-12(18)5-8-14(16)19/h3-8,10,15H,1-2,9H2/t15-/m1/s1. The van der Waals surface area contributed by atoms with Gasteiger partial charge in [-0.2, -0.15) is 0 Å². The fraction of sp³-hybridized carbons (Fsp3) is 0.250. The molecule has 21 heavy (non-hydrogen) atoms. The molecule has 112 valence electrons. The fourth-order valence-electron chi connectivity index (χ4n) is 1.95. The van der Waals surface area contributed by atoms with Crippen molar-refractivity contribution in [3.05, 3.63) is 63.9 Å². The molecule has 0 spiro atoms. The third-order valence-electron chi connectivity index (χ3n) is 3.00. The van der Waals surface area contributed by atoms with Crippen LogP contribution in [0.3, 0.4) is 0 Å². The molecule has 0 aliphatic rings. The van der Waals surface area contributed by atoms with Crippen molar-refractivity contribution in [3.63, 3.8) is 0 Å². The second-order valence-electron chi connectivity index (χ2n) is 4.56. The summed E-state index contributed by atoms with van der Waals surface area (Å²) in [6.45, 7) is 0. The van der Waals surface area contributed by atoms with Crippen LogP contribution in [0, 0.1) is 5.82 Å². The highest BCUT2D eigenvalue weighted by atomic mass is 35.5. The summed E-state index contributed by atoms with van der Waals surface area (Å²) < 4.78 is 19.0. The largest absolute Gasteiger partial charge is 0.484 e. The van der Waals surface area contributed by atoms with Crippen molar-refractivity contribution in [1.82, 2.24) is 0 Å². The molecule has 2 aromatic rings. The van der Waals surface area contributed by atoms with Gasteiger partial charge in [-0.05, 0) is 42.7 Å². The Labute approximate surface area is 138 Å². The van der Waals surface area contributed by atoms with Crippen LogP contribution in [-0.4, -0.2) is 5.88 Å². The number of hydrogen-bond donors (Lipinski definition) is 0. The Morgan fingerprint density at radius 3 is 2.43 bits per heavy atom. The van der Waals surface area contributed by atoms with Crippen molar-refractivity contribution in [3.8, 4) is 5.75 Å². The molecule has 0 aliphatic carbocycles. The summed E-state index contributed by atoms with van der Waals surface area (Å²) in [5, 5.41) is 1.03. The van der Waals surface area contributed by atoms with Gasteiger partial charge in [-0.3, -0.25) is 0 Å². The molecule has 0 bridgehead atoms. The van der Waals surface area contributed by atoms with Crippen LogP contribution in [0.25, 0.3) is 0 Å². The zero-order valence-corrected chi connectivity index (χ0v) is 13.4. The van der Waals surface area contributed by atoms with Crippen LogP contribution in [0.4, 0.5) is 4.39 Å². The van der Waals surface area contributed by atoms with Gasteiger partial charge in [-0.15, -0.1) is 11.6 Å². The van der Waals surface area contributed by atoms with Gasteiger partial charge in [0, 0.05) is 17.0 Å². The topological polar surface area (TPSA) is 9.23 Å². The molecular formula is C16H14Cl3FO. The Morgan fingerprint density at radius 1 is 1.05 bits per heavy atom. The third kappa shape index (κ3) is 4.77. The lowest BCUT2D eigenvalue weighted by Crippen LogP contribution is -2.08. The van der Waals surface area contributed by atoms with Gasteiger partial charge in [0.2, 0.25) is 0 Å². The summed E-state index contributed by atoms with van der Waals surface area (Å²) in [7, 11) is 0.